The lowest BCUT2D eigenvalue weighted by Crippen LogP contribution is -2.30. The van der Waals surface area contributed by atoms with Crippen LogP contribution in [0.4, 0.5) is 0 Å². The summed E-state index contributed by atoms with van der Waals surface area (Å²) in [5.41, 5.74) is 0. The largest absolute Gasteiger partial charge is 0.393 e. The molecule has 0 fully saturated rings. The highest BCUT2D eigenvalue weighted by atomic mass is 16.3. The van der Waals surface area contributed by atoms with Gasteiger partial charge in [0.05, 0.1) is 6.10 Å². The van der Waals surface area contributed by atoms with E-state index in [1.165, 1.54) is 0 Å². The lowest BCUT2D eigenvalue weighted by molar-refractivity contribution is 0.158. The molecule has 1 aromatic heterocycles. The number of nitrogens with zero attached hydrogens (tertiary/aromatic N) is 2. The molecule has 1 rings (SSSR count). The predicted octanol–water partition coefficient (Wildman–Crippen LogP) is 1.41. The van der Waals surface area contributed by atoms with Crippen LogP contribution in [-0.4, -0.2) is 33.6 Å². The van der Waals surface area contributed by atoms with Crippen molar-refractivity contribution in [1.29, 1.82) is 0 Å². The van der Waals surface area contributed by atoms with Crippen molar-refractivity contribution in [3.63, 3.8) is 0 Å². The zero-order chi connectivity index (χ0) is 11.8. The quantitative estimate of drug-likeness (QED) is 0.703. The summed E-state index contributed by atoms with van der Waals surface area (Å²) in [7, 11) is 0. The van der Waals surface area contributed by atoms with Crippen molar-refractivity contribution in [1.82, 2.24) is 15.1 Å². The summed E-state index contributed by atoms with van der Waals surface area (Å²) >= 11 is 0. The first kappa shape index (κ1) is 13.2. The van der Waals surface area contributed by atoms with E-state index in [1.54, 1.807) is 6.20 Å². The molecule has 4 heteroatoms. The molecule has 0 spiro atoms. The van der Waals surface area contributed by atoms with E-state index < -0.39 is 0 Å². The van der Waals surface area contributed by atoms with Gasteiger partial charge in [-0.3, -0.25) is 4.68 Å². The first-order valence-corrected chi connectivity index (χ1v) is 6.11. The van der Waals surface area contributed by atoms with Gasteiger partial charge in [-0.15, -0.1) is 0 Å². The number of aliphatic hydroxyl groups is 1. The molecular formula is C12H23N3O. The average molecular weight is 225 g/mol. The molecule has 2 unspecified atom stereocenters. The summed E-state index contributed by atoms with van der Waals surface area (Å²) < 4.78 is 1.94. The molecule has 16 heavy (non-hydrogen) atoms. The number of nitrogens with one attached hydrogen (secondary N) is 1. The average Bonchev–Trinajstić information content (AvgIpc) is 2.79. The van der Waals surface area contributed by atoms with Crippen LogP contribution in [0.2, 0.25) is 0 Å². The van der Waals surface area contributed by atoms with Gasteiger partial charge in [0, 0.05) is 25.0 Å². The Morgan fingerprint density at radius 3 is 2.88 bits per heavy atom. The molecule has 1 heterocycles. The van der Waals surface area contributed by atoms with E-state index >= 15 is 0 Å². The summed E-state index contributed by atoms with van der Waals surface area (Å²) in [5.74, 6) is 0. The Morgan fingerprint density at radius 2 is 2.25 bits per heavy atom. The van der Waals surface area contributed by atoms with Crippen LogP contribution >= 0.6 is 0 Å². The molecule has 92 valence electrons. The number of hydrogen-bond donors (Lipinski definition) is 2. The number of hydrogen-bond acceptors (Lipinski definition) is 3. The molecule has 1 aromatic rings. The Labute approximate surface area is 97.7 Å². The fraction of sp³-hybridized carbons (Fsp3) is 0.750. The van der Waals surface area contributed by atoms with Crippen LogP contribution in [0.5, 0.6) is 0 Å². The third-order valence-electron chi connectivity index (χ3n) is 2.79. The van der Waals surface area contributed by atoms with Crippen molar-refractivity contribution in [2.45, 2.75) is 51.8 Å². The van der Waals surface area contributed by atoms with Gasteiger partial charge in [0.25, 0.3) is 0 Å². The smallest absolute Gasteiger partial charge is 0.0549 e. The van der Waals surface area contributed by atoms with E-state index in [0.29, 0.717) is 6.04 Å². The third kappa shape index (κ3) is 5.28. The second-order valence-corrected chi connectivity index (χ2v) is 4.26. The van der Waals surface area contributed by atoms with E-state index in [9.17, 15) is 5.11 Å². The van der Waals surface area contributed by atoms with Crippen molar-refractivity contribution < 1.29 is 5.11 Å². The van der Waals surface area contributed by atoms with Gasteiger partial charge in [0.1, 0.15) is 0 Å². The molecule has 4 nitrogen and oxygen atoms in total. The zero-order valence-corrected chi connectivity index (χ0v) is 10.3. The Hall–Kier alpha value is -0.870. The lowest BCUT2D eigenvalue weighted by atomic mass is 10.2. The van der Waals surface area contributed by atoms with Crippen LogP contribution in [-0.2, 0) is 6.54 Å². The second kappa shape index (κ2) is 7.41. The highest BCUT2D eigenvalue weighted by Crippen LogP contribution is 1.98. The second-order valence-electron chi connectivity index (χ2n) is 4.26. The molecule has 0 saturated carbocycles. The minimum Gasteiger partial charge on any atom is -0.393 e. The highest BCUT2D eigenvalue weighted by molar-refractivity contribution is 4.78. The molecular weight excluding hydrogens is 202 g/mol. The molecule has 0 aliphatic heterocycles. The van der Waals surface area contributed by atoms with Crippen LogP contribution < -0.4 is 5.32 Å². The fourth-order valence-electron chi connectivity index (χ4n) is 1.56. The van der Waals surface area contributed by atoms with E-state index in [1.807, 2.05) is 23.9 Å². The van der Waals surface area contributed by atoms with Gasteiger partial charge in [-0.2, -0.15) is 5.10 Å². The van der Waals surface area contributed by atoms with Crippen molar-refractivity contribution in [2.75, 3.05) is 6.54 Å². The van der Waals surface area contributed by atoms with Crippen LogP contribution in [0.3, 0.4) is 0 Å². The van der Waals surface area contributed by atoms with Crippen molar-refractivity contribution >= 4 is 0 Å². The van der Waals surface area contributed by atoms with Crippen molar-refractivity contribution in [2.24, 2.45) is 0 Å². The van der Waals surface area contributed by atoms with Gasteiger partial charge < -0.3 is 10.4 Å². The summed E-state index contributed by atoms with van der Waals surface area (Å²) in [5, 5.41) is 17.0. The van der Waals surface area contributed by atoms with E-state index in [4.69, 9.17) is 0 Å². The Bertz CT molecular complexity index is 261. The van der Waals surface area contributed by atoms with E-state index in [-0.39, 0.29) is 6.10 Å². The van der Waals surface area contributed by atoms with E-state index in [2.05, 4.69) is 17.3 Å². The van der Waals surface area contributed by atoms with Crippen LogP contribution in [0.15, 0.2) is 18.5 Å². The van der Waals surface area contributed by atoms with Crippen molar-refractivity contribution in [3.8, 4) is 0 Å². The molecule has 0 saturated heterocycles. The molecule has 0 amide bonds. The number of aryl methyl sites for hydroxylation is 1. The van der Waals surface area contributed by atoms with Crippen LogP contribution in [0, 0.1) is 0 Å². The Balaban J connectivity index is 2.05. The molecule has 0 aliphatic carbocycles. The first-order valence-electron chi connectivity index (χ1n) is 6.11. The third-order valence-corrected chi connectivity index (χ3v) is 2.79. The van der Waals surface area contributed by atoms with Gasteiger partial charge in [-0.05, 0) is 38.8 Å². The molecule has 0 aliphatic rings. The molecule has 0 radical (unpaired) electrons. The standard InChI is InChI=1S/C12H23N3O/c1-3-12(16)5-8-13-11(2)6-10-15-9-4-7-14-15/h4,7,9,11-13,16H,3,5-6,8,10H2,1-2H3. The summed E-state index contributed by atoms with van der Waals surface area (Å²) in [4.78, 5) is 0. The summed E-state index contributed by atoms with van der Waals surface area (Å²) in [6.45, 7) is 6.00. The van der Waals surface area contributed by atoms with Crippen molar-refractivity contribution in [3.05, 3.63) is 18.5 Å². The van der Waals surface area contributed by atoms with E-state index in [0.717, 1.165) is 32.4 Å². The maximum atomic E-state index is 9.40. The Morgan fingerprint density at radius 1 is 1.44 bits per heavy atom. The first-order chi connectivity index (χ1) is 7.72. The summed E-state index contributed by atoms with van der Waals surface area (Å²) in [6, 6.07) is 2.41. The normalized spacial score (nSPS) is 14.9. The number of aromatic nitrogens is 2. The minimum absolute atomic E-state index is 0.161. The number of rotatable bonds is 8. The van der Waals surface area contributed by atoms with Gasteiger partial charge in [0.15, 0.2) is 0 Å². The summed E-state index contributed by atoms with van der Waals surface area (Å²) in [6.07, 6.45) is 6.35. The zero-order valence-electron chi connectivity index (χ0n) is 10.3. The molecule has 2 atom stereocenters. The lowest BCUT2D eigenvalue weighted by Gasteiger charge is -2.15. The van der Waals surface area contributed by atoms with Gasteiger partial charge in [-0.25, -0.2) is 0 Å². The topological polar surface area (TPSA) is 50.1 Å². The molecule has 0 aromatic carbocycles. The highest BCUT2D eigenvalue weighted by Gasteiger charge is 2.04. The SMILES string of the molecule is CCC(O)CCNC(C)CCn1cccn1. The van der Waals surface area contributed by atoms with Crippen LogP contribution in [0.25, 0.3) is 0 Å². The monoisotopic (exact) mass is 225 g/mol. The molecule has 0 bridgehead atoms. The maximum absolute atomic E-state index is 9.40. The van der Waals surface area contributed by atoms with Crippen LogP contribution in [0.1, 0.15) is 33.1 Å². The number of aliphatic hydroxyl groups excluding tert-OH is 1. The minimum atomic E-state index is -0.161. The predicted molar refractivity (Wildman–Crippen MR) is 65.2 cm³/mol. The molecule has 2 N–H and O–H groups in total. The maximum Gasteiger partial charge on any atom is 0.0549 e. The Kier molecular flexibility index (Phi) is 6.11. The van der Waals surface area contributed by atoms with Gasteiger partial charge in [0.2, 0.25) is 0 Å². The van der Waals surface area contributed by atoms with Gasteiger partial charge >= 0.3 is 0 Å². The van der Waals surface area contributed by atoms with Gasteiger partial charge in [-0.1, -0.05) is 6.92 Å². The fourth-order valence-corrected chi connectivity index (χ4v) is 1.56.